The van der Waals surface area contributed by atoms with Gasteiger partial charge >= 0.3 is 0 Å². The molecule has 4 aliphatic rings. The van der Waals surface area contributed by atoms with Gasteiger partial charge in [0.25, 0.3) is 0 Å². The Labute approximate surface area is 129 Å². The van der Waals surface area contributed by atoms with Crippen LogP contribution in [0, 0.1) is 34.5 Å². The first-order valence-electron chi connectivity index (χ1n) is 9.31. The summed E-state index contributed by atoms with van der Waals surface area (Å²) in [6, 6.07) is 0. The molecule has 0 aromatic heterocycles. The standard InChI is InChI=1S/C19H32O2/c1-18-9-7-13(20)11-12(18)3-4-14-15-5-6-17(21)19(15,2)10-8-16(14)18/h12-17,20-21H,3-11H2,1-2H3/t12-,13+,14+,15-,16+,17-,18+,19+/m1/s1. The van der Waals surface area contributed by atoms with Crippen LogP contribution in [0.1, 0.15) is 71.6 Å². The summed E-state index contributed by atoms with van der Waals surface area (Å²) in [4.78, 5) is 0. The van der Waals surface area contributed by atoms with Crippen LogP contribution in [0.4, 0.5) is 0 Å². The zero-order chi connectivity index (χ0) is 14.8. The van der Waals surface area contributed by atoms with Gasteiger partial charge in [-0.25, -0.2) is 0 Å². The van der Waals surface area contributed by atoms with Gasteiger partial charge in [0, 0.05) is 0 Å². The van der Waals surface area contributed by atoms with Crippen molar-refractivity contribution in [3.05, 3.63) is 0 Å². The molecule has 2 nitrogen and oxygen atoms in total. The first kappa shape index (κ1) is 14.5. The van der Waals surface area contributed by atoms with E-state index in [2.05, 4.69) is 13.8 Å². The fourth-order valence-corrected chi connectivity index (χ4v) is 7.21. The van der Waals surface area contributed by atoms with E-state index in [1.807, 2.05) is 0 Å². The Bertz CT molecular complexity index is 422. The van der Waals surface area contributed by atoms with Gasteiger partial charge in [-0.3, -0.25) is 0 Å². The molecule has 120 valence electrons. The molecule has 0 spiro atoms. The smallest absolute Gasteiger partial charge is 0.0596 e. The topological polar surface area (TPSA) is 40.5 Å². The van der Waals surface area contributed by atoms with E-state index < -0.39 is 0 Å². The number of hydrogen-bond donors (Lipinski definition) is 2. The van der Waals surface area contributed by atoms with Crippen LogP contribution in [-0.2, 0) is 0 Å². The zero-order valence-electron chi connectivity index (χ0n) is 13.7. The van der Waals surface area contributed by atoms with Gasteiger partial charge in [-0.2, -0.15) is 0 Å². The van der Waals surface area contributed by atoms with Gasteiger partial charge < -0.3 is 10.2 Å². The Morgan fingerprint density at radius 1 is 0.762 bits per heavy atom. The van der Waals surface area contributed by atoms with Crippen molar-refractivity contribution >= 4 is 0 Å². The van der Waals surface area contributed by atoms with Crippen molar-refractivity contribution in [2.45, 2.75) is 83.8 Å². The zero-order valence-corrected chi connectivity index (χ0v) is 13.7. The molecule has 0 aliphatic heterocycles. The van der Waals surface area contributed by atoms with Crippen LogP contribution >= 0.6 is 0 Å². The molecule has 4 fully saturated rings. The fraction of sp³-hybridized carbons (Fsp3) is 1.00. The fourth-order valence-electron chi connectivity index (χ4n) is 7.21. The molecule has 0 amide bonds. The van der Waals surface area contributed by atoms with Gasteiger partial charge in [-0.1, -0.05) is 13.8 Å². The van der Waals surface area contributed by atoms with Crippen molar-refractivity contribution in [2.75, 3.05) is 0 Å². The Balaban J connectivity index is 1.62. The molecule has 2 N–H and O–H groups in total. The molecule has 0 aromatic carbocycles. The average Bonchev–Trinajstić information content (AvgIpc) is 2.76. The molecule has 0 bridgehead atoms. The monoisotopic (exact) mass is 292 g/mol. The lowest BCUT2D eigenvalue weighted by molar-refractivity contribution is -0.133. The van der Waals surface area contributed by atoms with Gasteiger partial charge in [0.15, 0.2) is 0 Å². The third kappa shape index (κ3) is 1.91. The molecule has 0 unspecified atom stereocenters. The van der Waals surface area contributed by atoms with Crippen molar-refractivity contribution in [2.24, 2.45) is 34.5 Å². The number of aliphatic hydroxyl groups is 2. The molecule has 0 heterocycles. The largest absolute Gasteiger partial charge is 0.393 e. The van der Waals surface area contributed by atoms with Crippen molar-refractivity contribution in [1.82, 2.24) is 0 Å². The van der Waals surface area contributed by atoms with E-state index in [4.69, 9.17) is 0 Å². The van der Waals surface area contributed by atoms with E-state index >= 15 is 0 Å². The van der Waals surface area contributed by atoms with Crippen LogP contribution in [0.25, 0.3) is 0 Å². The van der Waals surface area contributed by atoms with Crippen molar-refractivity contribution in [3.63, 3.8) is 0 Å². The van der Waals surface area contributed by atoms with Crippen LogP contribution in [0.2, 0.25) is 0 Å². The third-order valence-electron chi connectivity index (χ3n) is 8.59. The minimum absolute atomic E-state index is 0.0400. The summed E-state index contributed by atoms with van der Waals surface area (Å²) in [6.07, 6.45) is 10.7. The molecule has 0 saturated heterocycles. The maximum absolute atomic E-state index is 10.5. The van der Waals surface area contributed by atoms with E-state index in [0.29, 0.717) is 5.41 Å². The second-order valence-electron chi connectivity index (χ2n) is 9.22. The van der Waals surface area contributed by atoms with Crippen LogP contribution in [0.5, 0.6) is 0 Å². The van der Waals surface area contributed by atoms with Gasteiger partial charge in [-0.15, -0.1) is 0 Å². The molecule has 4 rings (SSSR count). The van der Waals surface area contributed by atoms with E-state index in [0.717, 1.165) is 42.9 Å². The molecular formula is C19H32O2. The SMILES string of the molecule is C[C@]12CC[C@H](O)C[C@H]1CC[C@H]1[C@H]3CC[C@@H](O)[C@@]3(C)CC[C@@H]12. The maximum Gasteiger partial charge on any atom is 0.0596 e. The minimum Gasteiger partial charge on any atom is -0.393 e. The van der Waals surface area contributed by atoms with E-state index in [1.165, 1.54) is 38.5 Å². The van der Waals surface area contributed by atoms with Crippen LogP contribution in [0.15, 0.2) is 0 Å². The third-order valence-corrected chi connectivity index (χ3v) is 8.59. The van der Waals surface area contributed by atoms with Gasteiger partial charge in [-0.05, 0) is 92.3 Å². The Morgan fingerprint density at radius 3 is 2.29 bits per heavy atom. The molecule has 8 atom stereocenters. The predicted octanol–water partition coefficient (Wildman–Crippen LogP) is 3.75. The van der Waals surface area contributed by atoms with Gasteiger partial charge in [0.2, 0.25) is 0 Å². The Kier molecular flexibility index (Phi) is 3.25. The highest BCUT2D eigenvalue weighted by atomic mass is 16.3. The molecule has 0 radical (unpaired) electrons. The Hall–Kier alpha value is -0.0800. The molecular weight excluding hydrogens is 260 g/mol. The lowest BCUT2D eigenvalue weighted by atomic mass is 9.45. The Morgan fingerprint density at radius 2 is 1.48 bits per heavy atom. The number of rotatable bonds is 0. The molecule has 4 saturated carbocycles. The highest BCUT2D eigenvalue weighted by Crippen LogP contribution is 2.66. The van der Waals surface area contributed by atoms with Crippen molar-refractivity contribution in [1.29, 1.82) is 0 Å². The van der Waals surface area contributed by atoms with Gasteiger partial charge in [0.1, 0.15) is 0 Å². The van der Waals surface area contributed by atoms with Crippen LogP contribution in [0.3, 0.4) is 0 Å². The first-order chi connectivity index (χ1) is 9.95. The summed E-state index contributed by atoms with van der Waals surface area (Å²) in [5, 5.41) is 20.5. The van der Waals surface area contributed by atoms with Crippen LogP contribution < -0.4 is 0 Å². The van der Waals surface area contributed by atoms with Gasteiger partial charge in [0.05, 0.1) is 12.2 Å². The summed E-state index contributed by atoms with van der Waals surface area (Å²) in [5.41, 5.74) is 0.676. The van der Waals surface area contributed by atoms with E-state index in [9.17, 15) is 10.2 Å². The summed E-state index contributed by atoms with van der Waals surface area (Å²) >= 11 is 0. The van der Waals surface area contributed by atoms with E-state index in [1.54, 1.807) is 0 Å². The normalized spacial score (nSPS) is 60.0. The summed E-state index contributed by atoms with van der Waals surface area (Å²) in [5.74, 6) is 3.21. The predicted molar refractivity (Wildman–Crippen MR) is 83.7 cm³/mol. The summed E-state index contributed by atoms with van der Waals surface area (Å²) in [7, 11) is 0. The number of hydrogen-bond acceptors (Lipinski definition) is 2. The first-order valence-corrected chi connectivity index (χ1v) is 9.31. The minimum atomic E-state index is -0.0536. The summed E-state index contributed by atoms with van der Waals surface area (Å²) < 4.78 is 0. The number of aliphatic hydroxyl groups excluding tert-OH is 2. The molecule has 21 heavy (non-hydrogen) atoms. The highest BCUT2D eigenvalue weighted by molar-refractivity contribution is 5.09. The van der Waals surface area contributed by atoms with Crippen LogP contribution in [-0.4, -0.2) is 22.4 Å². The van der Waals surface area contributed by atoms with Crippen molar-refractivity contribution < 1.29 is 10.2 Å². The van der Waals surface area contributed by atoms with E-state index in [-0.39, 0.29) is 17.6 Å². The molecule has 2 heteroatoms. The molecule has 0 aromatic rings. The highest BCUT2D eigenvalue weighted by Gasteiger charge is 2.59. The second-order valence-corrected chi connectivity index (χ2v) is 9.22. The lowest BCUT2D eigenvalue weighted by Gasteiger charge is -2.60. The number of fused-ring (bicyclic) bond motifs is 5. The maximum atomic E-state index is 10.5. The van der Waals surface area contributed by atoms with Crippen molar-refractivity contribution in [3.8, 4) is 0 Å². The second kappa shape index (κ2) is 4.71. The molecule has 4 aliphatic carbocycles. The average molecular weight is 292 g/mol. The quantitative estimate of drug-likeness (QED) is 0.714. The lowest BCUT2D eigenvalue weighted by Crippen LogP contribution is -2.54. The summed E-state index contributed by atoms with van der Waals surface area (Å²) in [6.45, 7) is 4.90.